The molecule has 10 nitrogen and oxygen atoms in total. The number of fused-ring (bicyclic) bond motifs is 4. The first kappa shape index (κ1) is 31.5. The summed E-state index contributed by atoms with van der Waals surface area (Å²) in [5.74, 6) is 2.57. The second-order valence-electron chi connectivity index (χ2n) is 12.5. The standard InChI is InChI=1S/C36H44N4O6/c1-6-23-12-25-18-37-29-16-33(31(43-4)14-27(29)35(41)39(25)20-23)45-10-8-22(3)9-11-46-34-17-30-28(15-32(34)44-5)36(42)40-21-24(7-2)13-26(40)19-38-30/h6-7,14-18,22,25-26,38H,8-13,19-21H2,1-5H3/b23-6+,24-7+/t22?,25?,26-/m0/s1. The number of hydrogen-bond acceptors (Lipinski definition) is 8. The summed E-state index contributed by atoms with van der Waals surface area (Å²) >= 11 is 0. The second-order valence-corrected chi connectivity index (χ2v) is 12.5. The quantitative estimate of drug-likeness (QED) is 0.320. The number of amides is 2. The number of ether oxygens (including phenoxy) is 4. The predicted molar refractivity (Wildman–Crippen MR) is 178 cm³/mol. The molecular formula is C36H44N4O6. The van der Waals surface area contributed by atoms with Gasteiger partial charge in [-0.25, -0.2) is 0 Å². The fourth-order valence-corrected chi connectivity index (χ4v) is 6.64. The van der Waals surface area contributed by atoms with Crippen LogP contribution in [0.4, 0.5) is 11.4 Å². The van der Waals surface area contributed by atoms with Crippen molar-refractivity contribution < 1.29 is 28.5 Å². The lowest BCUT2D eigenvalue weighted by molar-refractivity contribution is 0.0750. The van der Waals surface area contributed by atoms with E-state index in [-0.39, 0.29) is 23.9 Å². The topological polar surface area (TPSA) is 102 Å². The molecule has 6 rings (SSSR count). The Balaban J connectivity index is 1.04. The van der Waals surface area contributed by atoms with Gasteiger partial charge in [0.2, 0.25) is 0 Å². The van der Waals surface area contributed by atoms with Crippen molar-refractivity contribution in [3.63, 3.8) is 0 Å². The van der Waals surface area contributed by atoms with Gasteiger partial charge in [-0.1, -0.05) is 30.2 Å². The number of rotatable bonds is 10. The van der Waals surface area contributed by atoms with Gasteiger partial charge in [-0.15, -0.1) is 0 Å². The number of anilines is 1. The average Bonchev–Trinajstić information content (AvgIpc) is 3.63. The van der Waals surface area contributed by atoms with Crippen LogP contribution >= 0.6 is 0 Å². The number of nitrogens with one attached hydrogen (secondary N) is 1. The van der Waals surface area contributed by atoms with Crippen LogP contribution in [0.5, 0.6) is 23.0 Å². The number of hydrogen-bond donors (Lipinski definition) is 1. The van der Waals surface area contributed by atoms with E-state index in [9.17, 15) is 9.59 Å². The molecule has 1 N–H and O–H groups in total. The van der Waals surface area contributed by atoms with Gasteiger partial charge in [0.15, 0.2) is 23.0 Å². The Bertz CT molecular complexity index is 1600. The fraction of sp³-hybridized carbons (Fsp3) is 0.472. The first-order valence-corrected chi connectivity index (χ1v) is 16.2. The zero-order chi connectivity index (χ0) is 32.4. The van der Waals surface area contributed by atoms with Crippen LogP contribution in [0.1, 0.15) is 67.2 Å². The lowest BCUT2D eigenvalue weighted by atomic mass is 10.1. The molecule has 4 aliphatic heterocycles. The number of carbonyl (C=O) groups is 2. The Labute approximate surface area is 271 Å². The van der Waals surface area contributed by atoms with Crippen LogP contribution in [0.15, 0.2) is 52.6 Å². The van der Waals surface area contributed by atoms with E-state index in [1.807, 2.05) is 42.0 Å². The van der Waals surface area contributed by atoms with Gasteiger partial charge in [-0.05, 0) is 57.6 Å². The van der Waals surface area contributed by atoms with Crippen LogP contribution in [0.25, 0.3) is 0 Å². The van der Waals surface area contributed by atoms with Crippen LogP contribution in [0, 0.1) is 5.92 Å². The summed E-state index contributed by atoms with van der Waals surface area (Å²) in [5, 5.41) is 3.47. The fourth-order valence-electron chi connectivity index (χ4n) is 6.64. The van der Waals surface area contributed by atoms with Crippen LogP contribution in [-0.2, 0) is 0 Å². The molecule has 46 heavy (non-hydrogen) atoms. The molecule has 4 aliphatic rings. The zero-order valence-corrected chi connectivity index (χ0v) is 27.4. The van der Waals surface area contributed by atoms with Crippen molar-refractivity contribution in [1.29, 1.82) is 0 Å². The summed E-state index contributed by atoms with van der Waals surface area (Å²) in [5.41, 5.74) is 5.06. The van der Waals surface area contributed by atoms with E-state index in [4.69, 9.17) is 18.9 Å². The molecule has 3 atom stereocenters. The average molecular weight is 629 g/mol. The van der Waals surface area contributed by atoms with Gasteiger partial charge < -0.3 is 34.1 Å². The number of methoxy groups -OCH3 is 2. The molecule has 10 heteroatoms. The van der Waals surface area contributed by atoms with Gasteiger partial charge in [-0.3, -0.25) is 14.6 Å². The highest BCUT2D eigenvalue weighted by atomic mass is 16.5. The summed E-state index contributed by atoms with van der Waals surface area (Å²) in [7, 11) is 3.18. The number of aliphatic imine (C=N–C) groups is 1. The molecule has 0 saturated carbocycles. The first-order valence-electron chi connectivity index (χ1n) is 16.2. The largest absolute Gasteiger partial charge is 0.493 e. The second kappa shape index (κ2) is 13.5. The Morgan fingerprint density at radius 1 is 0.848 bits per heavy atom. The molecule has 244 valence electrons. The normalized spacial score (nSPS) is 22.5. The predicted octanol–water partition coefficient (Wildman–Crippen LogP) is 6.04. The van der Waals surface area contributed by atoms with Crippen molar-refractivity contribution in [2.75, 3.05) is 52.4 Å². The van der Waals surface area contributed by atoms with Crippen molar-refractivity contribution in [2.45, 2.75) is 58.5 Å². The highest BCUT2D eigenvalue weighted by molar-refractivity contribution is 6.04. The van der Waals surface area contributed by atoms with Crippen LogP contribution in [-0.4, -0.2) is 87.0 Å². The number of nitrogens with zero attached hydrogens (tertiary/aromatic N) is 3. The van der Waals surface area contributed by atoms with E-state index in [1.54, 1.807) is 26.4 Å². The third kappa shape index (κ3) is 6.17. The number of benzene rings is 2. The maximum Gasteiger partial charge on any atom is 0.257 e. The van der Waals surface area contributed by atoms with Crippen LogP contribution in [0.2, 0.25) is 0 Å². The molecule has 4 heterocycles. The molecule has 2 amide bonds. The van der Waals surface area contributed by atoms with E-state index >= 15 is 0 Å². The molecule has 2 fully saturated rings. The molecule has 2 aromatic carbocycles. The molecule has 0 radical (unpaired) electrons. The van der Waals surface area contributed by atoms with E-state index in [2.05, 4.69) is 29.4 Å². The SMILES string of the molecule is C/C=C1\CC2C=Nc3cc(OCCC(C)CCOc4cc5c(cc4OC)C(=O)N4C/C(=C/C)C[C@H]4CN5)c(OC)cc3C(=O)N2C1. The summed E-state index contributed by atoms with van der Waals surface area (Å²) in [6.07, 6.45) is 9.38. The van der Waals surface area contributed by atoms with Crippen molar-refractivity contribution in [2.24, 2.45) is 10.9 Å². The van der Waals surface area contributed by atoms with E-state index < -0.39 is 0 Å². The van der Waals surface area contributed by atoms with E-state index in [1.165, 1.54) is 11.1 Å². The van der Waals surface area contributed by atoms with Crippen LogP contribution in [0.3, 0.4) is 0 Å². The number of carbonyl (C=O) groups excluding carboxylic acids is 2. The highest BCUT2D eigenvalue weighted by Gasteiger charge is 2.36. The minimum atomic E-state index is -0.0374. The Morgan fingerprint density at radius 2 is 1.46 bits per heavy atom. The molecular weight excluding hydrogens is 584 g/mol. The van der Waals surface area contributed by atoms with Gasteiger partial charge in [0.1, 0.15) is 0 Å². The Kier molecular flexibility index (Phi) is 9.24. The van der Waals surface area contributed by atoms with Crippen molar-refractivity contribution in [3.8, 4) is 23.0 Å². The van der Waals surface area contributed by atoms with Gasteiger partial charge in [0.25, 0.3) is 11.8 Å². The summed E-state index contributed by atoms with van der Waals surface area (Å²) < 4.78 is 23.6. The van der Waals surface area contributed by atoms with E-state index in [0.29, 0.717) is 78.6 Å². The molecule has 2 aromatic rings. The minimum Gasteiger partial charge on any atom is -0.493 e. The van der Waals surface area contributed by atoms with Crippen molar-refractivity contribution in [3.05, 3.63) is 58.7 Å². The number of allylic oxidation sites excluding steroid dienone is 2. The monoisotopic (exact) mass is 628 g/mol. The molecule has 0 spiro atoms. The van der Waals surface area contributed by atoms with E-state index in [0.717, 1.165) is 31.4 Å². The lowest BCUT2D eigenvalue weighted by Crippen LogP contribution is -2.36. The molecule has 2 saturated heterocycles. The molecule has 0 aliphatic carbocycles. The summed E-state index contributed by atoms with van der Waals surface area (Å²) in [4.78, 5) is 35.2. The lowest BCUT2D eigenvalue weighted by Gasteiger charge is -2.21. The molecule has 2 unspecified atom stereocenters. The van der Waals surface area contributed by atoms with Gasteiger partial charge in [-0.2, -0.15) is 0 Å². The molecule has 0 bridgehead atoms. The van der Waals surface area contributed by atoms with Gasteiger partial charge in [0.05, 0.1) is 62.0 Å². The highest BCUT2D eigenvalue weighted by Crippen LogP contribution is 2.40. The van der Waals surface area contributed by atoms with Crippen LogP contribution < -0.4 is 24.3 Å². The first-order chi connectivity index (χ1) is 22.3. The zero-order valence-electron chi connectivity index (χ0n) is 27.4. The van der Waals surface area contributed by atoms with Crippen molar-refractivity contribution >= 4 is 29.4 Å². The maximum atomic E-state index is 13.4. The van der Waals surface area contributed by atoms with Gasteiger partial charge in [0, 0.05) is 38.0 Å². The smallest absolute Gasteiger partial charge is 0.257 e. The summed E-state index contributed by atoms with van der Waals surface area (Å²) in [6.45, 7) is 9.18. The third-order valence-electron chi connectivity index (χ3n) is 9.59. The Hall–Kier alpha value is -4.47. The van der Waals surface area contributed by atoms with Gasteiger partial charge >= 0.3 is 0 Å². The Morgan fingerprint density at radius 3 is 2.13 bits per heavy atom. The summed E-state index contributed by atoms with van der Waals surface area (Å²) in [6, 6.07) is 7.36. The molecule has 0 aromatic heterocycles. The maximum absolute atomic E-state index is 13.4. The minimum absolute atomic E-state index is 0.0214. The third-order valence-corrected chi connectivity index (χ3v) is 9.59. The van der Waals surface area contributed by atoms with Crippen molar-refractivity contribution in [1.82, 2.24) is 9.80 Å².